The molecule has 0 bridgehead atoms. The number of carbonyl (C=O) groups excluding carboxylic acids is 2. The molecule has 4 heteroatoms. The molecule has 0 fully saturated rings. The van der Waals surface area contributed by atoms with Gasteiger partial charge in [0.1, 0.15) is 5.76 Å². The van der Waals surface area contributed by atoms with E-state index in [2.05, 4.69) is 4.74 Å². The summed E-state index contributed by atoms with van der Waals surface area (Å²) in [5.41, 5.74) is 0. The van der Waals surface area contributed by atoms with Crippen LogP contribution in [0.5, 0.6) is 0 Å². The zero-order valence-corrected chi connectivity index (χ0v) is 6.62. The fourth-order valence-corrected chi connectivity index (χ4v) is 1.07. The van der Waals surface area contributed by atoms with Crippen molar-refractivity contribution in [3.63, 3.8) is 0 Å². The summed E-state index contributed by atoms with van der Waals surface area (Å²) in [6.45, 7) is 0.0612. The monoisotopic (exact) mass is 170 g/mol. The zero-order valence-electron chi connectivity index (χ0n) is 6.62. The van der Waals surface area contributed by atoms with E-state index >= 15 is 0 Å². The van der Waals surface area contributed by atoms with Gasteiger partial charge in [0.05, 0.1) is 0 Å². The third-order valence-electron chi connectivity index (χ3n) is 1.61. The molecule has 0 unspecified atom stereocenters. The predicted octanol–water partition coefficient (Wildman–Crippen LogP) is 1.75. The van der Waals surface area contributed by atoms with E-state index in [9.17, 15) is 9.59 Å². The summed E-state index contributed by atoms with van der Waals surface area (Å²) in [7, 11) is 0. The Hall–Kier alpha value is -1.32. The van der Waals surface area contributed by atoms with Crippen LogP contribution in [-0.4, -0.2) is 12.6 Å². The first-order valence-corrected chi connectivity index (χ1v) is 3.84. The first-order chi connectivity index (χ1) is 5.83. The van der Waals surface area contributed by atoms with Crippen LogP contribution in [0.4, 0.5) is 4.79 Å². The van der Waals surface area contributed by atoms with E-state index in [0.717, 1.165) is 25.7 Å². The van der Waals surface area contributed by atoms with Gasteiger partial charge in [0, 0.05) is 6.42 Å². The van der Waals surface area contributed by atoms with Crippen LogP contribution in [0.1, 0.15) is 25.7 Å². The molecule has 0 heterocycles. The number of allylic oxidation sites excluding steroid dienone is 2. The quantitative estimate of drug-likeness (QED) is 0.360. The van der Waals surface area contributed by atoms with Gasteiger partial charge in [0.15, 0.2) is 0 Å². The second-order valence-corrected chi connectivity index (χ2v) is 2.48. The first-order valence-electron chi connectivity index (χ1n) is 3.84. The van der Waals surface area contributed by atoms with Gasteiger partial charge in [-0.05, 0) is 25.3 Å². The molecule has 0 aromatic heterocycles. The SMILES string of the molecule is O=COC(=O)OC1=CCCCC1. The Morgan fingerprint density at radius 2 is 2.33 bits per heavy atom. The largest absolute Gasteiger partial charge is 0.521 e. The van der Waals surface area contributed by atoms with Crippen molar-refractivity contribution in [2.45, 2.75) is 25.7 Å². The smallest absolute Gasteiger partial charge is 0.400 e. The number of carbonyl (C=O) groups is 2. The van der Waals surface area contributed by atoms with E-state index < -0.39 is 6.16 Å². The zero-order chi connectivity index (χ0) is 8.81. The van der Waals surface area contributed by atoms with Crippen LogP contribution >= 0.6 is 0 Å². The number of rotatable bonds is 2. The highest BCUT2D eigenvalue weighted by Crippen LogP contribution is 2.18. The van der Waals surface area contributed by atoms with E-state index in [1.807, 2.05) is 6.08 Å². The molecule has 0 saturated heterocycles. The van der Waals surface area contributed by atoms with Gasteiger partial charge in [-0.25, -0.2) is 4.79 Å². The Labute approximate surface area is 70.1 Å². The molecular weight excluding hydrogens is 160 g/mol. The van der Waals surface area contributed by atoms with Crippen LogP contribution < -0.4 is 0 Å². The minimum Gasteiger partial charge on any atom is -0.400 e. The second kappa shape index (κ2) is 4.54. The minimum absolute atomic E-state index is 0.0612. The fraction of sp³-hybridized carbons (Fsp3) is 0.500. The summed E-state index contributed by atoms with van der Waals surface area (Å²) in [5.74, 6) is 0.605. The van der Waals surface area contributed by atoms with Crippen molar-refractivity contribution in [3.8, 4) is 0 Å². The maximum Gasteiger partial charge on any atom is 0.521 e. The van der Waals surface area contributed by atoms with Crippen molar-refractivity contribution >= 4 is 12.6 Å². The Bertz CT molecular complexity index is 207. The van der Waals surface area contributed by atoms with Crippen LogP contribution in [0.25, 0.3) is 0 Å². The highest BCUT2D eigenvalue weighted by Gasteiger charge is 2.10. The van der Waals surface area contributed by atoms with Gasteiger partial charge in [-0.1, -0.05) is 0 Å². The van der Waals surface area contributed by atoms with E-state index in [1.54, 1.807) is 0 Å². The average molecular weight is 170 g/mol. The Morgan fingerprint density at radius 3 is 2.92 bits per heavy atom. The van der Waals surface area contributed by atoms with Crippen molar-refractivity contribution in [2.24, 2.45) is 0 Å². The molecule has 12 heavy (non-hydrogen) atoms. The van der Waals surface area contributed by atoms with Crippen molar-refractivity contribution in [1.29, 1.82) is 0 Å². The molecule has 1 aliphatic carbocycles. The summed E-state index contributed by atoms with van der Waals surface area (Å²) in [5, 5.41) is 0. The Kier molecular flexibility index (Phi) is 3.32. The Balaban J connectivity index is 2.33. The predicted molar refractivity (Wildman–Crippen MR) is 40.2 cm³/mol. The van der Waals surface area contributed by atoms with E-state index in [0.29, 0.717) is 5.76 Å². The number of hydrogen-bond donors (Lipinski definition) is 0. The summed E-state index contributed by atoms with van der Waals surface area (Å²) in [4.78, 5) is 20.3. The van der Waals surface area contributed by atoms with E-state index in [4.69, 9.17) is 4.74 Å². The first kappa shape index (κ1) is 8.77. The molecule has 66 valence electrons. The van der Waals surface area contributed by atoms with Crippen LogP contribution in [0.15, 0.2) is 11.8 Å². The molecule has 0 amide bonds. The molecule has 4 nitrogen and oxygen atoms in total. The lowest BCUT2D eigenvalue weighted by Gasteiger charge is -2.10. The maximum absolute atomic E-state index is 10.6. The van der Waals surface area contributed by atoms with E-state index in [-0.39, 0.29) is 6.47 Å². The molecule has 0 saturated carbocycles. The Morgan fingerprint density at radius 1 is 1.50 bits per heavy atom. The van der Waals surface area contributed by atoms with Gasteiger partial charge >= 0.3 is 12.6 Å². The van der Waals surface area contributed by atoms with Crippen molar-refractivity contribution in [3.05, 3.63) is 11.8 Å². The molecule has 0 radical (unpaired) electrons. The molecule has 0 spiro atoms. The highest BCUT2D eigenvalue weighted by molar-refractivity contribution is 5.70. The fourth-order valence-electron chi connectivity index (χ4n) is 1.07. The second-order valence-electron chi connectivity index (χ2n) is 2.48. The van der Waals surface area contributed by atoms with Crippen molar-refractivity contribution in [1.82, 2.24) is 0 Å². The summed E-state index contributed by atoms with van der Waals surface area (Å²) >= 11 is 0. The van der Waals surface area contributed by atoms with Crippen molar-refractivity contribution in [2.75, 3.05) is 0 Å². The lowest BCUT2D eigenvalue weighted by Crippen LogP contribution is -2.07. The van der Waals surface area contributed by atoms with Gasteiger partial charge in [-0.2, -0.15) is 0 Å². The normalized spacial score (nSPS) is 16.2. The van der Waals surface area contributed by atoms with E-state index in [1.165, 1.54) is 0 Å². The highest BCUT2D eigenvalue weighted by atomic mass is 16.7. The lowest BCUT2D eigenvalue weighted by molar-refractivity contribution is -0.125. The van der Waals surface area contributed by atoms with Gasteiger partial charge in [-0.3, -0.25) is 4.79 Å². The van der Waals surface area contributed by atoms with Gasteiger partial charge in [0.25, 0.3) is 0 Å². The van der Waals surface area contributed by atoms with Gasteiger partial charge in [-0.15, -0.1) is 0 Å². The van der Waals surface area contributed by atoms with Gasteiger partial charge < -0.3 is 9.47 Å². The standard InChI is InChI=1S/C8H10O4/c9-6-11-8(10)12-7-4-2-1-3-5-7/h4,6H,1-3,5H2. The maximum atomic E-state index is 10.6. The van der Waals surface area contributed by atoms with Gasteiger partial charge in [0.2, 0.25) is 0 Å². The van der Waals surface area contributed by atoms with Crippen LogP contribution in [0.2, 0.25) is 0 Å². The third kappa shape index (κ3) is 2.74. The average Bonchev–Trinajstić information content (AvgIpc) is 2.06. The molecule has 0 N–H and O–H groups in total. The molecule has 0 aromatic carbocycles. The lowest BCUT2D eigenvalue weighted by atomic mass is 10.1. The molecule has 0 atom stereocenters. The van der Waals surface area contributed by atoms with Crippen LogP contribution in [0, 0.1) is 0 Å². The molecule has 1 rings (SSSR count). The molecular formula is C8H10O4. The molecule has 0 aliphatic heterocycles. The van der Waals surface area contributed by atoms with Crippen molar-refractivity contribution < 1.29 is 19.1 Å². The molecule has 1 aliphatic rings. The number of hydrogen-bond acceptors (Lipinski definition) is 4. The summed E-state index contributed by atoms with van der Waals surface area (Å²) < 4.78 is 8.66. The van der Waals surface area contributed by atoms with Crippen LogP contribution in [-0.2, 0) is 14.3 Å². The summed E-state index contributed by atoms with van der Waals surface area (Å²) in [6, 6.07) is 0. The topological polar surface area (TPSA) is 52.6 Å². The number of ether oxygens (including phenoxy) is 2. The minimum atomic E-state index is -0.946. The molecule has 0 aromatic rings. The third-order valence-corrected chi connectivity index (χ3v) is 1.61. The summed E-state index contributed by atoms with van der Waals surface area (Å²) in [6.07, 6.45) is 4.70. The van der Waals surface area contributed by atoms with Crippen LogP contribution in [0.3, 0.4) is 0 Å².